The minimum absolute atomic E-state index is 0.305. The highest BCUT2D eigenvalue weighted by Crippen LogP contribution is 2.37. The molecule has 0 aromatic heterocycles. The van der Waals surface area contributed by atoms with Crippen molar-refractivity contribution in [2.45, 2.75) is 45.8 Å². The molecule has 4 nitrogen and oxygen atoms in total. The van der Waals surface area contributed by atoms with E-state index in [0.29, 0.717) is 12.2 Å². The van der Waals surface area contributed by atoms with E-state index in [-0.39, 0.29) is 17.2 Å². The van der Waals surface area contributed by atoms with Gasteiger partial charge in [-0.25, -0.2) is 4.79 Å². The zero-order chi connectivity index (χ0) is 17.5. The third kappa shape index (κ3) is 2.83. The second kappa shape index (κ2) is 5.90. The van der Waals surface area contributed by atoms with Crippen LogP contribution in [0.5, 0.6) is 0 Å². The fraction of sp³-hybridized carbons (Fsp3) is 0.421. The van der Waals surface area contributed by atoms with Gasteiger partial charge in [0.2, 0.25) is 0 Å². The Bertz CT molecular complexity index is 766. The molecule has 0 N–H and O–H groups in total. The molecule has 1 aliphatic rings. The van der Waals surface area contributed by atoms with Gasteiger partial charge in [0.05, 0.1) is 23.4 Å². The van der Waals surface area contributed by atoms with E-state index in [9.17, 15) is 4.79 Å². The summed E-state index contributed by atoms with van der Waals surface area (Å²) in [5, 5.41) is 1.98. The van der Waals surface area contributed by atoms with E-state index >= 15 is 0 Å². The molecule has 0 spiro atoms. The van der Waals surface area contributed by atoms with Crippen molar-refractivity contribution >= 4 is 29.3 Å². The predicted octanol–water partition coefficient (Wildman–Crippen LogP) is 3.32. The Morgan fingerprint density at radius 2 is 1.75 bits per heavy atom. The first-order valence-corrected chi connectivity index (χ1v) is 8.30. The molecule has 3 rings (SSSR count). The van der Waals surface area contributed by atoms with Crippen molar-refractivity contribution in [1.29, 1.82) is 0 Å². The van der Waals surface area contributed by atoms with Crippen molar-refractivity contribution in [2.24, 2.45) is 0 Å². The van der Waals surface area contributed by atoms with Gasteiger partial charge in [0, 0.05) is 0 Å². The molecule has 2 aromatic rings. The van der Waals surface area contributed by atoms with Gasteiger partial charge in [0.15, 0.2) is 0 Å². The quantitative estimate of drug-likeness (QED) is 0.641. The monoisotopic (exact) mass is 326 g/mol. The van der Waals surface area contributed by atoms with Crippen molar-refractivity contribution in [3.63, 3.8) is 0 Å². The molecule has 126 valence electrons. The zero-order valence-electron chi connectivity index (χ0n) is 14.9. The molecule has 1 aliphatic heterocycles. The average molecular weight is 326 g/mol. The maximum Gasteiger partial charge on any atom is 0.495 e. The molecule has 1 saturated heterocycles. The van der Waals surface area contributed by atoms with Crippen molar-refractivity contribution in [3.8, 4) is 0 Å². The summed E-state index contributed by atoms with van der Waals surface area (Å²) >= 11 is 0. The van der Waals surface area contributed by atoms with Gasteiger partial charge in [0.25, 0.3) is 0 Å². The van der Waals surface area contributed by atoms with Gasteiger partial charge in [-0.05, 0) is 63.0 Å². The molecule has 0 unspecified atom stereocenters. The molecule has 0 bridgehead atoms. The van der Waals surface area contributed by atoms with E-state index in [0.717, 1.165) is 16.2 Å². The molecule has 0 atom stereocenters. The SMILES string of the molecule is CCOC(=O)c1ccc2c(B3OC(C)(C)C(C)(C)O3)cccc2c1. The van der Waals surface area contributed by atoms with Crippen LogP contribution in [0.4, 0.5) is 0 Å². The summed E-state index contributed by atoms with van der Waals surface area (Å²) in [4.78, 5) is 11.9. The van der Waals surface area contributed by atoms with Crippen LogP contribution in [0.15, 0.2) is 36.4 Å². The smallest absolute Gasteiger partial charge is 0.462 e. The summed E-state index contributed by atoms with van der Waals surface area (Å²) in [5.74, 6) is -0.305. The lowest BCUT2D eigenvalue weighted by atomic mass is 9.76. The lowest BCUT2D eigenvalue weighted by molar-refractivity contribution is 0.00578. The van der Waals surface area contributed by atoms with Crippen LogP contribution >= 0.6 is 0 Å². The van der Waals surface area contributed by atoms with E-state index in [1.165, 1.54) is 0 Å². The molecule has 1 heterocycles. The standard InChI is InChI=1S/C19H23BO4/c1-6-22-17(21)14-10-11-15-13(12-14)8-7-9-16(15)20-23-18(2,3)19(4,5)24-20/h7-12H,6H2,1-5H3. The number of fused-ring (bicyclic) bond motifs is 1. The summed E-state index contributed by atoms with van der Waals surface area (Å²) < 4.78 is 17.4. The molecule has 0 aliphatic carbocycles. The van der Waals surface area contributed by atoms with E-state index < -0.39 is 7.12 Å². The molecule has 0 amide bonds. The molecule has 0 radical (unpaired) electrons. The minimum atomic E-state index is -0.424. The normalized spacial score (nSPS) is 18.8. The maximum atomic E-state index is 11.9. The highest BCUT2D eigenvalue weighted by Gasteiger charge is 2.52. The van der Waals surface area contributed by atoms with Crippen LogP contribution in [0, 0.1) is 0 Å². The second-order valence-corrected chi connectivity index (χ2v) is 7.09. The number of carbonyl (C=O) groups is 1. The van der Waals surface area contributed by atoms with Crippen LogP contribution in [-0.4, -0.2) is 30.9 Å². The number of hydrogen-bond acceptors (Lipinski definition) is 4. The third-order valence-electron chi connectivity index (χ3n) is 4.93. The maximum absolute atomic E-state index is 11.9. The lowest BCUT2D eigenvalue weighted by Gasteiger charge is -2.32. The van der Waals surface area contributed by atoms with Crippen molar-refractivity contribution in [2.75, 3.05) is 6.61 Å². The number of benzene rings is 2. The van der Waals surface area contributed by atoms with Gasteiger partial charge in [-0.3, -0.25) is 0 Å². The first-order chi connectivity index (χ1) is 11.2. The highest BCUT2D eigenvalue weighted by atomic mass is 16.7. The van der Waals surface area contributed by atoms with Gasteiger partial charge in [0.1, 0.15) is 0 Å². The van der Waals surface area contributed by atoms with E-state index in [4.69, 9.17) is 14.0 Å². The van der Waals surface area contributed by atoms with Crippen molar-refractivity contribution < 1.29 is 18.8 Å². The Kier molecular flexibility index (Phi) is 4.18. The van der Waals surface area contributed by atoms with Gasteiger partial charge >= 0.3 is 13.1 Å². The Labute approximate surface area is 143 Å². The Morgan fingerprint density at radius 1 is 1.08 bits per heavy atom. The molecular formula is C19H23BO4. The number of rotatable bonds is 3. The Morgan fingerprint density at radius 3 is 2.38 bits per heavy atom. The van der Waals surface area contributed by atoms with Crippen LogP contribution in [0.2, 0.25) is 0 Å². The van der Waals surface area contributed by atoms with E-state index in [1.807, 2.05) is 58.0 Å². The summed E-state index contributed by atoms with van der Waals surface area (Å²) in [6.45, 7) is 10.3. The molecule has 1 fully saturated rings. The summed E-state index contributed by atoms with van der Waals surface area (Å²) in [6, 6.07) is 11.5. The Balaban J connectivity index is 2.00. The summed E-state index contributed by atoms with van der Waals surface area (Å²) in [6.07, 6.45) is 0. The minimum Gasteiger partial charge on any atom is -0.462 e. The number of hydrogen-bond donors (Lipinski definition) is 0. The van der Waals surface area contributed by atoms with Crippen molar-refractivity contribution in [3.05, 3.63) is 42.0 Å². The first kappa shape index (κ1) is 17.0. The van der Waals surface area contributed by atoms with Crippen LogP contribution in [0.25, 0.3) is 10.8 Å². The van der Waals surface area contributed by atoms with Gasteiger partial charge in [-0.15, -0.1) is 0 Å². The van der Waals surface area contributed by atoms with Gasteiger partial charge in [-0.2, -0.15) is 0 Å². The molecule has 2 aromatic carbocycles. The Hall–Kier alpha value is -1.85. The predicted molar refractivity (Wildman–Crippen MR) is 95.6 cm³/mol. The average Bonchev–Trinajstić information content (AvgIpc) is 2.74. The molecule has 0 saturated carbocycles. The number of ether oxygens (including phenoxy) is 1. The van der Waals surface area contributed by atoms with E-state index in [1.54, 1.807) is 13.0 Å². The summed E-state index contributed by atoms with van der Waals surface area (Å²) in [7, 11) is -0.424. The fourth-order valence-electron chi connectivity index (χ4n) is 2.83. The van der Waals surface area contributed by atoms with Gasteiger partial charge in [-0.1, -0.05) is 24.3 Å². The largest absolute Gasteiger partial charge is 0.495 e. The van der Waals surface area contributed by atoms with Crippen LogP contribution in [0.3, 0.4) is 0 Å². The second-order valence-electron chi connectivity index (χ2n) is 7.09. The molecule has 5 heteroatoms. The summed E-state index contributed by atoms with van der Waals surface area (Å²) in [5.41, 5.74) is 0.757. The fourth-order valence-corrected chi connectivity index (χ4v) is 2.83. The van der Waals surface area contributed by atoms with Gasteiger partial charge < -0.3 is 14.0 Å². The van der Waals surface area contributed by atoms with Crippen molar-refractivity contribution in [1.82, 2.24) is 0 Å². The van der Waals surface area contributed by atoms with Crippen LogP contribution < -0.4 is 5.46 Å². The van der Waals surface area contributed by atoms with E-state index in [2.05, 4.69) is 0 Å². The third-order valence-corrected chi connectivity index (χ3v) is 4.93. The zero-order valence-corrected chi connectivity index (χ0v) is 14.9. The molecular weight excluding hydrogens is 303 g/mol. The number of esters is 1. The lowest BCUT2D eigenvalue weighted by Crippen LogP contribution is -2.41. The molecule has 24 heavy (non-hydrogen) atoms. The number of carbonyl (C=O) groups excluding carboxylic acids is 1. The first-order valence-electron chi connectivity index (χ1n) is 8.30. The van der Waals surface area contributed by atoms with Crippen LogP contribution in [0.1, 0.15) is 45.0 Å². The topological polar surface area (TPSA) is 44.8 Å². The van der Waals surface area contributed by atoms with Crippen LogP contribution in [-0.2, 0) is 14.0 Å². The highest BCUT2D eigenvalue weighted by molar-refractivity contribution is 6.65.